The standard InChI is InChI=1S/C23H22Cl2N6O3/c1-12-9-14(13(2)26-16-3-4-17(24)27-20(16)22(32)33)19-15(10-12)21-28-18(25)11-31(21)23(29-19)30-5-7-34-8-6-30/h3-4,9-11,13,26H,5-8H2,1-2H3,(H,32,33). The lowest BCUT2D eigenvalue weighted by Gasteiger charge is -2.29. The summed E-state index contributed by atoms with van der Waals surface area (Å²) in [4.78, 5) is 27.5. The number of carboxylic acids is 1. The van der Waals surface area contributed by atoms with Crippen LogP contribution in [0.4, 0.5) is 11.6 Å². The van der Waals surface area contributed by atoms with E-state index in [2.05, 4.69) is 20.2 Å². The topological polar surface area (TPSA) is 105 Å². The zero-order valence-corrected chi connectivity index (χ0v) is 20.1. The third-order valence-corrected chi connectivity index (χ3v) is 6.22. The number of pyridine rings is 1. The highest BCUT2D eigenvalue weighted by molar-refractivity contribution is 6.30. The van der Waals surface area contributed by atoms with Gasteiger partial charge in [-0.05, 0) is 37.6 Å². The van der Waals surface area contributed by atoms with Crippen LogP contribution in [0.15, 0.2) is 30.5 Å². The SMILES string of the molecule is Cc1cc(C(C)Nc2ccc(Cl)nc2C(=O)O)c2nc(N3CCOCC3)n3cc(Cl)nc3c2c1. The molecule has 1 unspecified atom stereocenters. The number of nitrogens with one attached hydrogen (secondary N) is 1. The maximum absolute atomic E-state index is 11.7. The molecule has 1 fully saturated rings. The summed E-state index contributed by atoms with van der Waals surface area (Å²) in [6.45, 7) is 6.59. The second kappa shape index (κ2) is 8.90. The number of fused-ring (bicyclic) bond motifs is 3. The van der Waals surface area contributed by atoms with Gasteiger partial charge in [-0.2, -0.15) is 0 Å². The van der Waals surface area contributed by atoms with Crippen LogP contribution in [0, 0.1) is 6.92 Å². The molecule has 0 amide bonds. The average Bonchev–Trinajstić information content (AvgIpc) is 3.21. The molecule has 4 aromatic rings. The number of carbonyl (C=O) groups is 1. The van der Waals surface area contributed by atoms with E-state index in [4.69, 9.17) is 32.9 Å². The van der Waals surface area contributed by atoms with Crippen LogP contribution in [0.1, 0.15) is 34.6 Å². The maximum atomic E-state index is 11.7. The lowest BCUT2D eigenvalue weighted by Crippen LogP contribution is -2.38. The van der Waals surface area contributed by atoms with E-state index in [0.29, 0.717) is 42.8 Å². The van der Waals surface area contributed by atoms with Crippen molar-refractivity contribution in [2.45, 2.75) is 19.9 Å². The van der Waals surface area contributed by atoms with Gasteiger partial charge in [0.1, 0.15) is 10.3 Å². The quantitative estimate of drug-likeness (QED) is 0.383. The van der Waals surface area contributed by atoms with Gasteiger partial charge in [0.2, 0.25) is 5.95 Å². The Hall–Kier alpha value is -3.14. The minimum atomic E-state index is -1.16. The number of rotatable bonds is 5. The van der Waals surface area contributed by atoms with Gasteiger partial charge >= 0.3 is 5.97 Å². The molecule has 0 aliphatic carbocycles. The molecule has 176 valence electrons. The Morgan fingerprint density at radius 1 is 1.15 bits per heavy atom. The van der Waals surface area contributed by atoms with Gasteiger partial charge in [-0.25, -0.2) is 19.7 Å². The molecule has 0 saturated carbocycles. The molecule has 5 rings (SSSR count). The van der Waals surface area contributed by atoms with Gasteiger partial charge < -0.3 is 20.1 Å². The molecule has 0 radical (unpaired) electrons. The highest BCUT2D eigenvalue weighted by Gasteiger charge is 2.23. The predicted molar refractivity (Wildman–Crippen MR) is 132 cm³/mol. The van der Waals surface area contributed by atoms with Crippen molar-refractivity contribution in [3.63, 3.8) is 0 Å². The summed E-state index contributed by atoms with van der Waals surface area (Å²) in [7, 11) is 0. The summed E-state index contributed by atoms with van der Waals surface area (Å²) in [6, 6.07) is 6.96. The fourth-order valence-corrected chi connectivity index (χ4v) is 4.62. The number of aryl methyl sites for hydroxylation is 1. The third-order valence-electron chi connectivity index (χ3n) is 5.82. The lowest BCUT2D eigenvalue weighted by molar-refractivity contribution is 0.0691. The number of anilines is 2. The van der Waals surface area contributed by atoms with Gasteiger partial charge in [0.15, 0.2) is 11.3 Å². The van der Waals surface area contributed by atoms with Crippen LogP contribution < -0.4 is 10.2 Å². The number of aromatic carboxylic acids is 1. The van der Waals surface area contributed by atoms with Crippen molar-refractivity contribution in [1.82, 2.24) is 19.4 Å². The average molecular weight is 501 g/mol. The number of nitrogens with zero attached hydrogens (tertiary/aromatic N) is 5. The Balaban J connectivity index is 1.67. The summed E-state index contributed by atoms with van der Waals surface area (Å²) in [5.74, 6) is -0.422. The summed E-state index contributed by atoms with van der Waals surface area (Å²) >= 11 is 12.2. The Bertz CT molecular complexity index is 1420. The molecular formula is C23H22Cl2N6O3. The van der Waals surface area contributed by atoms with E-state index in [-0.39, 0.29) is 16.9 Å². The Morgan fingerprint density at radius 2 is 1.91 bits per heavy atom. The van der Waals surface area contributed by atoms with Crippen LogP contribution in [-0.2, 0) is 4.74 Å². The molecule has 0 spiro atoms. The highest BCUT2D eigenvalue weighted by Crippen LogP contribution is 2.33. The molecule has 1 aliphatic heterocycles. The van der Waals surface area contributed by atoms with E-state index in [1.54, 1.807) is 18.3 Å². The maximum Gasteiger partial charge on any atom is 0.356 e. The number of imidazole rings is 1. The first kappa shape index (κ1) is 22.6. The summed E-state index contributed by atoms with van der Waals surface area (Å²) < 4.78 is 7.43. The van der Waals surface area contributed by atoms with E-state index in [0.717, 1.165) is 28.0 Å². The first-order chi connectivity index (χ1) is 16.3. The molecule has 2 N–H and O–H groups in total. The van der Waals surface area contributed by atoms with Gasteiger partial charge in [0.05, 0.1) is 36.7 Å². The molecule has 9 nitrogen and oxygen atoms in total. The van der Waals surface area contributed by atoms with Crippen LogP contribution in [0.5, 0.6) is 0 Å². The largest absolute Gasteiger partial charge is 0.476 e. The van der Waals surface area contributed by atoms with E-state index >= 15 is 0 Å². The van der Waals surface area contributed by atoms with E-state index in [9.17, 15) is 9.90 Å². The number of carboxylic acid groups (broad SMARTS) is 1. The van der Waals surface area contributed by atoms with Crippen molar-refractivity contribution < 1.29 is 14.6 Å². The number of benzene rings is 1. The zero-order valence-electron chi connectivity index (χ0n) is 18.5. The third kappa shape index (κ3) is 4.11. The normalized spacial score (nSPS) is 15.1. The number of hydrogen-bond donors (Lipinski definition) is 2. The number of hydrogen-bond acceptors (Lipinski definition) is 7. The highest BCUT2D eigenvalue weighted by atomic mass is 35.5. The smallest absolute Gasteiger partial charge is 0.356 e. The van der Waals surface area contributed by atoms with Gasteiger partial charge in [-0.1, -0.05) is 29.3 Å². The molecule has 0 bridgehead atoms. The van der Waals surface area contributed by atoms with Crippen molar-refractivity contribution in [1.29, 1.82) is 0 Å². The van der Waals surface area contributed by atoms with Crippen LogP contribution in [0.25, 0.3) is 16.6 Å². The number of morpholine rings is 1. The van der Waals surface area contributed by atoms with Crippen LogP contribution in [-0.4, -0.2) is 56.7 Å². The summed E-state index contributed by atoms with van der Waals surface area (Å²) in [5.41, 5.74) is 3.63. The fourth-order valence-electron chi connectivity index (χ4n) is 4.29. The van der Waals surface area contributed by atoms with E-state index in [1.807, 2.05) is 30.4 Å². The van der Waals surface area contributed by atoms with E-state index < -0.39 is 5.97 Å². The Labute approximate surface area is 205 Å². The molecular weight excluding hydrogens is 479 g/mol. The monoisotopic (exact) mass is 500 g/mol. The van der Waals surface area contributed by atoms with Gasteiger partial charge in [-0.15, -0.1) is 0 Å². The van der Waals surface area contributed by atoms with Crippen LogP contribution in [0.3, 0.4) is 0 Å². The van der Waals surface area contributed by atoms with Crippen LogP contribution >= 0.6 is 23.2 Å². The lowest BCUT2D eigenvalue weighted by atomic mass is 10.0. The molecule has 3 aromatic heterocycles. The fraction of sp³-hybridized carbons (Fsp3) is 0.304. The van der Waals surface area contributed by atoms with Crippen molar-refractivity contribution >= 4 is 57.4 Å². The minimum Gasteiger partial charge on any atom is -0.476 e. The van der Waals surface area contributed by atoms with Crippen LogP contribution in [0.2, 0.25) is 10.3 Å². The molecule has 1 aromatic carbocycles. The minimum absolute atomic E-state index is 0.118. The van der Waals surface area contributed by atoms with Crippen molar-refractivity contribution in [3.8, 4) is 0 Å². The van der Waals surface area contributed by atoms with E-state index in [1.165, 1.54) is 0 Å². The number of aromatic nitrogens is 4. The summed E-state index contributed by atoms with van der Waals surface area (Å²) in [6.07, 6.45) is 1.77. The van der Waals surface area contributed by atoms with Crippen molar-refractivity contribution in [2.75, 3.05) is 36.5 Å². The van der Waals surface area contributed by atoms with Crippen molar-refractivity contribution in [3.05, 3.63) is 57.6 Å². The number of ether oxygens (including phenoxy) is 1. The molecule has 34 heavy (non-hydrogen) atoms. The second-order valence-corrected chi connectivity index (χ2v) is 8.99. The summed E-state index contributed by atoms with van der Waals surface area (Å²) in [5, 5.41) is 14.2. The number of halogens is 2. The first-order valence-electron chi connectivity index (χ1n) is 10.8. The van der Waals surface area contributed by atoms with Gasteiger partial charge in [0.25, 0.3) is 0 Å². The zero-order chi connectivity index (χ0) is 24.0. The van der Waals surface area contributed by atoms with Crippen molar-refractivity contribution in [2.24, 2.45) is 0 Å². The Kier molecular flexibility index (Phi) is 5.93. The molecule has 4 heterocycles. The molecule has 1 saturated heterocycles. The molecule has 1 atom stereocenters. The molecule has 1 aliphatic rings. The molecule has 11 heteroatoms. The Morgan fingerprint density at radius 3 is 2.65 bits per heavy atom. The van der Waals surface area contributed by atoms with Gasteiger partial charge in [-0.3, -0.25) is 4.40 Å². The second-order valence-electron chi connectivity index (χ2n) is 8.22. The van der Waals surface area contributed by atoms with Gasteiger partial charge in [0, 0.05) is 24.0 Å². The first-order valence-corrected chi connectivity index (χ1v) is 11.6. The predicted octanol–water partition coefficient (Wildman–Crippen LogP) is 4.60.